The fourth-order valence-corrected chi connectivity index (χ4v) is 0.970. The van der Waals surface area contributed by atoms with E-state index in [0.717, 1.165) is 0 Å². The topological polar surface area (TPSA) is 37.4 Å². The lowest BCUT2D eigenvalue weighted by Gasteiger charge is -2.13. The average Bonchev–Trinajstić information content (AvgIpc) is 2.31. The first-order valence-electron chi connectivity index (χ1n) is 3.65. The van der Waals surface area contributed by atoms with Crippen LogP contribution in [-0.4, -0.2) is 29.7 Å². The molecule has 0 saturated carbocycles. The molecule has 0 radical (unpaired) electrons. The van der Waals surface area contributed by atoms with E-state index < -0.39 is 0 Å². The molecule has 3 nitrogen and oxygen atoms in total. The van der Waals surface area contributed by atoms with E-state index in [1.54, 1.807) is 11.0 Å². The Morgan fingerprint density at radius 2 is 2.45 bits per heavy atom. The third-order valence-corrected chi connectivity index (χ3v) is 1.63. The third kappa shape index (κ3) is 2.18. The summed E-state index contributed by atoms with van der Waals surface area (Å²) < 4.78 is 0. The number of hydrogen-bond donors (Lipinski definition) is 0. The number of nitrogens with zero attached hydrogens (tertiary/aromatic N) is 1. The molecule has 0 fully saturated rings. The van der Waals surface area contributed by atoms with E-state index in [-0.39, 0.29) is 11.7 Å². The van der Waals surface area contributed by atoms with Gasteiger partial charge < -0.3 is 4.90 Å². The number of ketones is 1. The molecule has 0 bridgehead atoms. The van der Waals surface area contributed by atoms with Gasteiger partial charge in [0.05, 0.1) is 0 Å². The van der Waals surface area contributed by atoms with Gasteiger partial charge in [-0.3, -0.25) is 9.59 Å². The molecular formula is C8H11NO2. The van der Waals surface area contributed by atoms with Crippen LogP contribution in [0, 0.1) is 0 Å². The quantitative estimate of drug-likeness (QED) is 0.587. The van der Waals surface area contributed by atoms with Crippen molar-refractivity contribution in [3.05, 3.63) is 12.2 Å². The van der Waals surface area contributed by atoms with Gasteiger partial charge in [0.2, 0.25) is 5.91 Å². The predicted octanol–water partition coefficient (Wildman–Crippen LogP) is 0.364. The molecule has 1 amide bonds. The minimum absolute atomic E-state index is 0.0197. The van der Waals surface area contributed by atoms with Gasteiger partial charge >= 0.3 is 0 Å². The summed E-state index contributed by atoms with van der Waals surface area (Å²) in [7, 11) is 0. The molecule has 0 spiro atoms. The first-order chi connectivity index (χ1) is 5.20. The van der Waals surface area contributed by atoms with Gasteiger partial charge in [0.15, 0.2) is 0 Å². The lowest BCUT2D eigenvalue weighted by molar-refractivity contribution is -0.125. The van der Waals surface area contributed by atoms with Crippen molar-refractivity contribution in [3.8, 4) is 0 Å². The van der Waals surface area contributed by atoms with E-state index in [9.17, 15) is 9.59 Å². The van der Waals surface area contributed by atoms with Crippen molar-refractivity contribution in [2.75, 3.05) is 13.1 Å². The second-order valence-electron chi connectivity index (χ2n) is 2.64. The van der Waals surface area contributed by atoms with Gasteiger partial charge in [0.25, 0.3) is 0 Å². The summed E-state index contributed by atoms with van der Waals surface area (Å²) in [5, 5.41) is 0. The van der Waals surface area contributed by atoms with E-state index in [2.05, 4.69) is 0 Å². The largest absolute Gasteiger partial charge is 0.335 e. The Hall–Kier alpha value is -1.12. The van der Waals surface area contributed by atoms with E-state index in [1.807, 2.05) is 6.08 Å². The van der Waals surface area contributed by atoms with Gasteiger partial charge in [-0.2, -0.15) is 0 Å². The molecule has 0 N–H and O–H groups in total. The van der Waals surface area contributed by atoms with Crippen LogP contribution in [0.25, 0.3) is 0 Å². The highest BCUT2D eigenvalue weighted by Crippen LogP contribution is 2.01. The average molecular weight is 153 g/mol. The van der Waals surface area contributed by atoms with Crippen LogP contribution in [0.1, 0.15) is 13.3 Å². The second kappa shape index (κ2) is 3.32. The first kappa shape index (κ1) is 7.98. The van der Waals surface area contributed by atoms with E-state index >= 15 is 0 Å². The van der Waals surface area contributed by atoms with Crippen LogP contribution in [0.4, 0.5) is 0 Å². The van der Waals surface area contributed by atoms with Crippen LogP contribution in [0.2, 0.25) is 0 Å². The van der Waals surface area contributed by atoms with Gasteiger partial charge in [0.1, 0.15) is 5.78 Å². The molecule has 0 aromatic rings. The third-order valence-electron chi connectivity index (χ3n) is 1.63. The van der Waals surface area contributed by atoms with E-state index in [4.69, 9.17) is 0 Å². The first-order valence-corrected chi connectivity index (χ1v) is 3.65. The Labute approximate surface area is 65.7 Å². The maximum absolute atomic E-state index is 10.9. The Balaban J connectivity index is 2.28. The summed E-state index contributed by atoms with van der Waals surface area (Å²) in [6.07, 6.45) is 3.82. The number of Topliss-reactive ketones (excluding diaryl/α,β-unsaturated/α-hetero) is 1. The van der Waals surface area contributed by atoms with Crippen molar-refractivity contribution in [3.63, 3.8) is 0 Å². The van der Waals surface area contributed by atoms with Crippen LogP contribution in [-0.2, 0) is 9.59 Å². The summed E-state index contributed by atoms with van der Waals surface area (Å²) >= 11 is 0. The highest BCUT2D eigenvalue weighted by Gasteiger charge is 2.13. The zero-order valence-electron chi connectivity index (χ0n) is 6.54. The Kier molecular flexibility index (Phi) is 2.41. The molecule has 1 aliphatic heterocycles. The van der Waals surface area contributed by atoms with Gasteiger partial charge in [-0.05, 0) is 6.92 Å². The smallest absolute Gasteiger partial charge is 0.246 e. The fourth-order valence-electron chi connectivity index (χ4n) is 0.970. The molecule has 11 heavy (non-hydrogen) atoms. The van der Waals surface area contributed by atoms with Crippen molar-refractivity contribution in [2.45, 2.75) is 13.3 Å². The summed E-state index contributed by atoms with van der Waals surface area (Å²) in [5.74, 6) is 0.149. The van der Waals surface area contributed by atoms with Crippen LogP contribution in [0.3, 0.4) is 0 Å². The van der Waals surface area contributed by atoms with Gasteiger partial charge in [-0.25, -0.2) is 0 Å². The summed E-state index contributed by atoms with van der Waals surface area (Å²) in [6, 6.07) is 0. The lowest BCUT2D eigenvalue weighted by atomic mass is 10.3. The predicted molar refractivity (Wildman–Crippen MR) is 41.0 cm³/mol. The van der Waals surface area contributed by atoms with Crippen molar-refractivity contribution < 1.29 is 9.59 Å². The normalized spacial score (nSPS) is 16.1. The minimum atomic E-state index is 0.0197. The summed E-state index contributed by atoms with van der Waals surface area (Å²) in [4.78, 5) is 23.1. The van der Waals surface area contributed by atoms with Crippen molar-refractivity contribution in [1.29, 1.82) is 0 Å². The highest BCUT2D eigenvalue weighted by molar-refractivity contribution is 5.90. The zero-order chi connectivity index (χ0) is 8.27. The molecule has 0 aromatic heterocycles. The molecule has 0 atom stereocenters. The molecule has 0 unspecified atom stereocenters. The molecule has 1 aliphatic rings. The molecule has 3 heteroatoms. The molecule has 0 aromatic carbocycles. The zero-order valence-corrected chi connectivity index (χ0v) is 6.54. The number of carbonyl (C=O) groups excluding carboxylic acids is 2. The van der Waals surface area contributed by atoms with Gasteiger partial charge in [-0.15, -0.1) is 0 Å². The van der Waals surface area contributed by atoms with Crippen molar-refractivity contribution >= 4 is 11.7 Å². The maximum atomic E-state index is 10.9. The number of rotatable bonds is 3. The number of amides is 1. The van der Waals surface area contributed by atoms with Gasteiger partial charge in [-0.1, -0.05) is 6.08 Å². The Morgan fingerprint density at radius 1 is 1.73 bits per heavy atom. The van der Waals surface area contributed by atoms with Crippen LogP contribution >= 0.6 is 0 Å². The lowest BCUT2D eigenvalue weighted by Crippen LogP contribution is -2.27. The summed E-state index contributed by atoms with van der Waals surface area (Å²) in [6.45, 7) is 2.75. The van der Waals surface area contributed by atoms with E-state index in [1.165, 1.54) is 6.92 Å². The van der Waals surface area contributed by atoms with Crippen LogP contribution in [0.15, 0.2) is 12.2 Å². The highest BCUT2D eigenvalue weighted by atomic mass is 16.2. The molecule has 1 rings (SSSR count). The second-order valence-corrected chi connectivity index (χ2v) is 2.64. The van der Waals surface area contributed by atoms with E-state index in [0.29, 0.717) is 19.5 Å². The van der Waals surface area contributed by atoms with Crippen molar-refractivity contribution in [2.24, 2.45) is 0 Å². The van der Waals surface area contributed by atoms with Crippen molar-refractivity contribution in [1.82, 2.24) is 4.90 Å². The van der Waals surface area contributed by atoms with Gasteiger partial charge in [0, 0.05) is 25.6 Å². The minimum Gasteiger partial charge on any atom is -0.335 e. The standard InChI is InChI=1S/C8H11NO2/c1-7(10)4-6-9-5-2-3-8(9)11/h2-3H,4-6H2,1H3. The monoisotopic (exact) mass is 153 g/mol. The molecule has 60 valence electrons. The number of carbonyl (C=O) groups is 2. The van der Waals surface area contributed by atoms with Crippen LogP contribution < -0.4 is 0 Å². The molecule has 0 aliphatic carbocycles. The maximum Gasteiger partial charge on any atom is 0.246 e. The fraction of sp³-hybridized carbons (Fsp3) is 0.500. The summed E-state index contributed by atoms with van der Waals surface area (Å²) in [5.41, 5.74) is 0. The molecule has 0 saturated heterocycles. The van der Waals surface area contributed by atoms with Crippen LogP contribution in [0.5, 0.6) is 0 Å². The molecule has 1 heterocycles. The molecular weight excluding hydrogens is 142 g/mol. The number of hydrogen-bond acceptors (Lipinski definition) is 2. The Morgan fingerprint density at radius 3 is 2.91 bits per heavy atom. The SMILES string of the molecule is CC(=O)CCN1CC=CC1=O. The Bertz CT molecular complexity index is 208.